The fourth-order valence-corrected chi connectivity index (χ4v) is 2.29. The highest BCUT2D eigenvalue weighted by atomic mass is 19.1. The van der Waals surface area contributed by atoms with Crippen LogP contribution in [0.5, 0.6) is 0 Å². The molecule has 2 aromatic rings. The Morgan fingerprint density at radius 1 is 1.05 bits per heavy atom. The van der Waals surface area contributed by atoms with E-state index in [9.17, 15) is 4.39 Å². The summed E-state index contributed by atoms with van der Waals surface area (Å²) >= 11 is 0. The third-order valence-corrected chi connectivity index (χ3v) is 3.43. The molecule has 3 heteroatoms. The average molecular weight is 286 g/mol. The van der Waals surface area contributed by atoms with Crippen molar-refractivity contribution in [2.75, 3.05) is 18.5 Å². The molecule has 0 bridgehead atoms. The van der Waals surface area contributed by atoms with Crippen molar-refractivity contribution in [1.82, 2.24) is 5.32 Å². The lowest BCUT2D eigenvalue weighted by Gasteiger charge is -2.23. The summed E-state index contributed by atoms with van der Waals surface area (Å²) in [4.78, 5) is 2.09. The van der Waals surface area contributed by atoms with Gasteiger partial charge in [0.2, 0.25) is 0 Å². The number of halogens is 1. The highest BCUT2D eigenvalue weighted by Gasteiger charge is 2.09. The van der Waals surface area contributed by atoms with Crippen LogP contribution in [0.4, 0.5) is 15.8 Å². The van der Waals surface area contributed by atoms with Gasteiger partial charge in [-0.25, -0.2) is 4.39 Å². The zero-order chi connectivity index (χ0) is 15.2. The molecule has 0 aliphatic carbocycles. The molecule has 112 valence electrons. The van der Waals surface area contributed by atoms with Crippen LogP contribution in [0.15, 0.2) is 48.5 Å². The molecule has 0 saturated carbocycles. The standard InChI is InChI=1S/C18H23FN2/c1-14(2)12-20-13-15-6-4-5-7-18(15)21(3)17-10-8-16(19)9-11-17/h4-11,14,20H,12-13H2,1-3H3. The van der Waals surface area contributed by atoms with Gasteiger partial charge >= 0.3 is 0 Å². The summed E-state index contributed by atoms with van der Waals surface area (Å²) in [6, 6.07) is 14.9. The topological polar surface area (TPSA) is 15.3 Å². The van der Waals surface area contributed by atoms with Crippen molar-refractivity contribution in [3.8, 4) is 0 Å². The quantitative estimate of drug-likeness (QED) is 0.850. The van der Waals surface area contributed by atoms with Crippen molar-refractivity contribution in [1.29, 1.82) is 0 Å². The third-order valence-electron chi connectivity index (χ3n) is 3.43. The Balaban J connectivity index is 2.16. The van der Waals surface area contributed by atoms with Crippen LogP contribution in [0.3, 0.4) is 0 Å². The van der Waals surface area contributed by atoms with E-state index in [1.54, 1.807) is 12.1 Å². The molecule has 0 aromatic heterocycles. The van der Waals surface area contributed by atoms with Crippen LogP contribution in [0, 0.1) is 11.7 Å². The van der Waals surface area contributed by atoms with E-state index < -0.39 is 0 Å². The molecule has 2 nitrogen and oxygen atoms in total. The molecule has 1 N–H and O–H groups in total. The number of nitrogens with zero attached hydrogens (tertiary/aromatic N) is 1. The van der Waals surface area contributed by atoms with E-state index in [0.717, 1.165) is 24.5 Å². The zero-order valence-electron chi connectivity index (χ0n) is 12.9. The maximum atomic E-state index is 13.0. The second-order valence-electron chi connectivity index (χ2n) is 5.69. The summed E-state index contributed by atoms with van der Waals surface area (Å²) in [7, 11) is 2.01. The van der Waals surface area contributed by atoms with Crippen LogP contribution in [0.1, 0.15) is 19.4 Å². The Morgan fingerprint density at radius 2 is 1.71 bits per heavy atom. The van der Waals surface area contributed by atoms with E-state index in [2.05, 4.69) is 36.2 Å². The molecule has 2 aromatic carbocycles. The zero-order valence-corrected chi connectivity index (χ0v) is 12.9. The van der Waals surface area contributed by atoms with E-state index in [4.69, 9.17) is 0 Å². The lowest BCUT2D eigenvalue weighted by Crippen LogP contribution is -2.21. The molecule has 0 radical (unpaired) electrons. The lowest BCUT2D eigenvalue weighted by molar-refractivity contribution is 0.552. The van der Waals surface area contributed by atoms with Gasteiger partial charge in [0.1, 0.15) is 5.82 Å². The smallest absolute Gasteiger partial charge is 0.123 e. The maximum absolute atomic E-state index is 13.0. The highest BCUT2D eigenvalue weighted by Crippen LogP contribution is 2.27. The number of rotatable bonds is 6. The van der Waals surface area contributed by atoms with Gasteiger partial charge in [-0.05, 0) is 48.4 Å². The first-order valence-electron chi connectivity index (χ1n) is 7.36. The normalized spacial score (nSPS) is 10.9. The van der Waals surface area contributed by atoms with Crippen LogP contribution in [0.2, 0.25) is 0 Å². The van der Waals surface area contributed by atoms with Gasteiger partial charge in [-0.2, -0.15) is 0 Å². The van der Waals surface area contributed by atoms with Crippen molar-refractivity contribution in [3.63, 3.8) is 0 Å². The first kappa shape index (κ1) is 15.5. The monoisotopic (exact) mass is 286 g/mol. The molecule has 0 atom stereocenters. The summed E-state index contributed by atoms with van der Waals surface area (Å²) in [6.07, 6.45) is 0. The average Bonchev–Trinajstić information content (AvgIpc) is 2.47. The Bertz CT molecular complexity index is 564. The van der Waals surface area contributed by atoms with Gasteiger partial charge in [0.05, 0.1) is 0 Å². The van der Waals surface area contributed by atoms with Gasteiger partial charge in [0, 0.05) is 25.0 Å². The number of hydrogen-bond acceptors (Lipinski definition) is 2. The van der Waals surface area contributed by atoms with E-state index >= 15 is 0 Å². The number of anilines is 2. The molecule has 0 spiro atoms. The van der Waals surface area contributed by atoms with E-state index in [1.165, 1.54) is 17.7 Å². The van der Waals surface area contributed by atoms with Crippen molar-refractivity contribution >= 4 is 11.4 Å². The Morgan fingerprint density at radius 3 is 2.38 bits per heavy atom. The van der Waals surface area contributed by atoms with Crippen molar-refractivity contribution in [2.24, 2.45) is 5.92 Å². The number of benzene rings is 2. The molecule has 2 rings (SSSR count). The largest absolute Gasteiger partial charge is 0.344 e. The number of hydrogen-bond donors (Lipinski definition) is 1. The summed E-state index contributed by atoms with van der Waals surface area (Å²) < 4.78 is 13.0. The molecule has 0 fully saturated rings. The molecule has 21 heavy (non-hydrogen) atoms. The minimum atomic E-state index is -0.209. The molecule has 0 saturated heterocycles. The summed E-state index contributed by atoms with van der Waals surface area (Å²) in [5.41, 5.74) is 3.36. The molecule has 0 aliphatic heterocycles. The first-order chi connectivity index (χ1) is 10.1. The van der Waals surface area contributed by atoms with E-state index in [1.807, 2.05) is 19.2 Å². The predicted octanol–water partition coefficient (Wildman–Crippen LogP) is 4.34. The molecule has 0 unspecified atom stereocenters. The molecular weight excluding hydrogens is 263 g/mol. The van der Waals surface area contributed by atoms with Crippen LogP contribution >= 0.6 is 0 Å². The minimum absolute atomic E-state index is 0.209. The van der Waals surface area contributed by atoms with Crippen molar-refractivity contribution in [2.45, 2.75) is 20.4 Å². The summed E-state index contributed by atoms with van der Waals surface area (Å²) in [5.74, 6) is 0.422. The number of para-hydroxylation sites is 1. The Hall–Kier alpha value is -1.87. The van der Waals surface area contributed by atoms with Gasteiger partial charge in [-0.1, -0.05) is 32.0 Å². The second kappa shape index (κ2) is 7.23. The van der Waals surface area contributed by atoms with E-state index in [-0.39, 0.29) is 5.82 Å². The molecule has 0 aliphatic rings. The minimum Gasteiger partial charge on any atom is -0.344 e. The van der Waals surface area contributed by atoms with Gasteiger partial charge in [0.25, 0.3) is 0 Å². The van der Waals surface area contributed by atoms with Gasteiger partial charge in [-0.15, -0.1) is 0 Å². The molecule has 0 heterocycles. The van der Waals surface area contributed by atoms with Gasteiger partial charge < -0.3 is 10.2 Å². The third kappa shape index (κ3) is 4.30. The summed E-state index contributed by atoms with van der Waals surface area (Å²) in [6.45, 7) is 6.22. The highest BCUT2D eigenvalue weighted by molar-refractivity contribution is 5.65. The Kier molecular flexibility index (Phi) is 5.34. The fraction of sp³-hybridized carbons (Fsp3) is 0.333. The first-order valence-corrected chi connectivity index (χ1v) is 7.36. The van der Waals surface area contributed by atoms with Crippen LogP contribution in [-0.2, 0) is 6.54 Å². The van der Waals surface area contributed by atoms with Gasteiger partial charge in [0.15, 0.2) is 0 Å². The van der Waals surface area contributed by atoms with E-state index in [0.29, 0.717) is 5.92 Å². The van der Waals surface area contributed by atoms with Crippen LogP contribution in [0.25, 0.3) is 0 Å². The SMILES string of the molecule is CC(C)CNCc1ccccc1N(C)c1ccc(F)cc1. The number of nitrogens with one attached hydrogen (secondary N) is 1. The fourth-order valence-electron chi connectivity index (χ4n) is 2.29. The maximum Gasteiger partial charge on any atom is 0.123 e. The Labute approximate surface area is 126 Å². The van der Waals surface area contributed by atoms with Crippen molar-refractivity contribution < 1.29 is 4.39 Å². The van der Waals surface area contributed by atoms with Gasteiger partial charge in [-0.3, -0.25) is 0 Å². The summed E-state index contributed by atoms with van der Waals surface area (Å²) in [5, 5.41) is 3.47. The van der Waals surface area contributed by atoms with Crippen LogP contribution < -0.4 is 10.2 Å². The van der Waals surface area contributed by atoms with Crippen LogP contribution in [-0.4, -0.2) is 13.6 Å². The van der Waals surface area contributed by atoms with Crippen molar-refractivity contribution in [3.05, 3.63) is 59.9 Å². The molecular formula is C18H23FN2. The molecule has 0 amide bonds. The lowest BCUT2D eigenvalue weighted by atomic mass is 10.1. The second-order valence-corrected chi connectivity index (χ2v) is 5.69. The predicted molar refractivity (Wildman–Crippen MR) is 87.4 cm³/mol.